The van der Waals surface area contributed by atoms with Crippen molar-refractivity contribution in [1.29, 1.82) is 0 Å². The summed E-state index contributed by atoms with van der Waals surface area (Å²) >= 11 is 7.51. The van der Waals surface area contributed by atoms with Crippen LogP contribution in [0.3, 0.4) is 0 Å². The first-order valence-corrected chi connectivity index (χ1v) is 9.97. The Morgan fingerprint density at radius 1 is 0.964 bits per heavy atom. The molecule has 3 rings (SSSR count). The van der Waals surface area contributed by atoms with Crippen molar-refractivity contribution in [1.82, 2.24) is 0 Å². The van der Waals surface area contributed by atoms with Crippen LogP contribution in [0.25, 0.3) is 0 Å². The summed E-state index contributed by atoms with van der Waals surface area (Å²) in [6, 6.07) is 19.8. The smallest absolute Gasteiger partial charge is 0.225 e. The predicted octanol–water partition coefficient (Wildman–Crippen LogP) is 5.83. The molecule has 3 aromatic carbocycles. The van der Waals surface area contributed by atoms with Crippen molar-refractivity contribution < 1.29 is 14.0 Å². The average Bonchev–Trinajstić information content (AvgIpc) is 2.71. The molecule has 0 unspecified atom stereocenters. The summed E-state index contributed by atoms with van der Waals surface area (Å²) in [5, 5.41) is 3.21. The Morgan fingerprint density at radius 3 is 2.39 bits per heavy atom. The van der Waals surface area contributed by atoms with Crippen molar-refractivity contribution >= 4 is 40.7 Å². The highest BCUT2D eigenvalue weighted by Gasteiger charge is 2.16. The van der Waals surface area contributed by atoms with E-state index < -0.39 is 0 Å². The van der Waals surface area contributed by atoms with Crippen LogP contribution in [0.15, 0.2) is 77.7 Å². The Balaban J connectivity index is 1.65. The molecule has 0 aliphatic rings. The van der Waals surface area contributed by atoms with E-state index in [0.717, 1.165) is 4.90 Å². The second-order valence-electron chi connectivity index (χ2n) is 5.99. The van der Waals surface area contributed by atoms with Gasteiger partial charge in [-0.3, -0.25) is 9.59 Å². The first kappa shape index (κ1) is 20.1. The number of nitrogens with one attached hydrogen (secondary N) is 1. The molecule has 1 amide bonds. The molecule has 3 nitrogen and oxygen atoms in total. The number of carbonyl (C=O) groups excluding carboxylic acids is 2. The van der Waals surface area contributed by atoms with Crippen LogP contribution in [0.2, 0.25) is 5.02 Å². The van der Waals surface area contributed by atoms with Crippen LogP contribution in [-0.4, -0.2) is 17.4 Å². The molecule has 0 radical (unpaired) electrons. The van der Waals surface area contributed by atoms with Crippen LogP contribution in [0.4, 0.5) is 10.1 Å². The third kappa shape index (κ3) is 5.44. The van der Waals surface area contributed by atoms with E-state index in [1.807, 2.05) is 6.07 Å². The van der Waals surface area contributed by atoms with E-state index in [-0.39, 0.29) is 23.9 Å². The maximum absolute atomic E-state index is 12.9. The van der Waals surface area contributed by atoms with E-state index in [1.54, 1.807) is 54.6 Å². The van der Waals surface area contributed by atoms with E-state index in [4.69, 9.17) is 11.6 Å². The Kier molecular flexibility index (Phi) is 6.85. The van der Waals surface area contributed by atoms with Gasteiger partial charge in [-0.2, -0.15) is 0 Å². The first-order valence-electron chi connectivity index (χ1n) is 8.60. The molecule has 0 aliphatic heterocycles. The Morgan fingerprint density at radius 2 is 1.68 bits per heavy atom. The van der Waals surface area contributed by atoms with Gasteiger partial charge in [-0.05, 0) is 42.5 Å². The summed E-state index contributed by atoms with van der Waals surface area (Å²) < 4.78 is 12.9. The zero-order valence-corrected chi connectivity index (χ0v) is 16.4. The molecule has 0 aromatic heterocycles. The number of rotatable bonds is 7. The zero-order chi connectivity index (χ0) is 19.9. The molecule has 0 atom stereocenters. The van der Waals surface area contributed by atoms with Crippen molar-refractivity contribution in [2.24, 2.45) is 0 Å². The quantitative estimate of drug-likeness (QED) is 0.391. The molecule has 0 saturated carbocycles. The third-order valence-electron chi connectivity index (χ3n) is 3.95. The van der Waals surface area contributed by atoms with Gasteiger partial charge in [0.1, 0.15) is 5.82 Å². The highest BCUT2D eigenvalue weighted by molar-refractivity contribution is 7.99. The molecule has 0 bridgehead atoms. The number of amides is 1. The summed E-state index contributed by atoms with van der Waals surface area (Å²) in [6.07, 6.45) is 0.254. The molecule has 0 fully saturated rings. The lowest BCUT2D eigenvalue weighted by molar-refractivity contribution is -0.115. The van der Waals surface area contributed by atoms with E-state index in [0.29, 0.717) is 27.6 Å². The zero-order valence-electron chi connectivity index (χ0n) is 14.8. The number of thioether (sulfide) groups is 1. The summed E-state index contributed by atoms with van der Waals surface area (Å²) in [7, 11) is 0. The number of ketones is 1. The highest BCUT2D eigenvalue weighted by atomic mass is 35.5. The van der Waals surface area contributed by atoms with Gasteiger partial charge >= 0.3 is 0 Å². The van der Waals surface area contributed by atoms with Gasteiger partial charge in [-0.25, -0.2) is 4.39 Å². The monoisotopic (exact) mass is 413 g/mol. The van der Waals surface area contributed by atoms with Gasteiger partial charge in [0.15, 0.2) is 5.78 Å². The lowest BCUT2D eigenvalue weighted by Gasteiger charge is -2.11. The van der Waals surface area contributed by atoms with E-state index in [2.05, 4.69) is 5.32 Å². The minimum absolute atomic E-state index is 0.209. The molecule has 142 valence electrons. The van der Waals surface area contributed by atoms with Gasteiger partial charge in [-0.1, -0.05) is 41.9 Å². The summed E-state index contributed by atoms with van der Waals surface area (Å²) in [6.45, 7) is 0. The topological polar surface area (TPSA) is 46.2 Å². The molecule has 28 heavy (non-hydrogen) atoms. The Labute approximate surface area is 171 Å². The lowest BCUT2D eigenvalue weighted by Crippen LogP contribution is -2.15. The van der Waals surface area contributed by atoms with E-state index >= 15 is 0 Å². The fourth-order valence-electron chi connectivity index (χ4n) is 2.56. The SMILES string of the molecule is O=C(CCSc1ccc(F)cc1)Nc1ccc(Cl)cc1C(=O)c1ccccc1. The average molecular weight is 414 g/mol. The van der Waals surface area contributed by atoms with Crippen LogP contribution < -0.4 is 5.32 Å². The Bertz CT molecular complexity index is 978. The highest BCUT2D eigenvalue weighted by Crippen LogP contribution is 2.24. The number of hydrogen-bond donors (Lipinski definition) is 1. The van der Waals surface area contributed by atoms with Crippen molar-refractivity contribution in [3.05, 3.63) is 94.8 Å². The molecule has 0 saturated heterocycles. The molecule has 0 aliphatic carbocycles. The van der Waals surface area contributed by atoms with Gasteiger partial charge < -0.3 is 5.32 Å². The molecular formula is C22H17ClFNO2S. The van der Waals surface area contributed by atoms with Gasteiger partial charge in [0.2, 0.25) is 5.91 Å². The lowest BCUT2D eigenvalue weighted by atomic mass is 10.0. The fourth-order valence-corrected chi connectivity index (χ4v) is 3.59. The van der Waals surface area contributed by atoms with Crippen molar-refractivity contribution in [3.8, 4) is 0 Å². The number of carbonyl (C=O) groups is 2. The van der Waals surface area contributed by atoms with Crippen molar-refractivity contribution in [2.45, 2.75) is 11.3 Å². The number of anilines is 1. The number of hydrogen-bond acceptors (Lipinski definition) is 3. The van der Waals surface area contributed by atoms with E-state index in [1.165, 1.54) is 23.9 Å². The standard InChI is InChI=1S/C22H17ClFNO2S/c23-16-6-11-20(19(14-16)22(27)15-4-2-1-3-5-15)25-21(26)12-13-28-18-9-7-17(24)8-10-18/h1-11,14H,12-13H2,(H,25,26). The van der Waals surface area contributed by atoms with Crippen LogP contribution >= 0.6 is 23.4 Å². The van der Waals surface area contributed by atoms with Crippen molar-refractivity contribution in [3.63, 3.8) is 0 Å². The van der Waals surface area contributed by atoms with Crippen molar-refractivity contribution in [2.75, 3.05) is 11.1 Å². The Hall–Kier alpha value is -2.63. The molecule has 1 N–H and O–H groups in total. The maximum atomic E-state index is 12.9. The van der Waals surface area contributed by atoms with Gasteiger partial charge in [0, 0.05) is 33.2 Å². The summed E-state index contributed by atoms with van der Waals surface area (Å²) in [4.78, 5) is 26.0. The molecule has 3 aromatic rings. The predicted molar refractivity (Wildman–Crippen MR) is 112 cm³/mol. The second kappa shape index (κ2) is 9.53. The third-order valence-corrected chi connectivity index (χ3v) is 5.20. The minimum atomic E-state index is -0.291. The van der Waals surface area contributed by atoms with Gasteiger partial charge in [0.25, 0.3) is 0 Å². The number of halogens is 2. The largest absolute Gasteiger partial charge is 0.325 e. The molecule has 0 heterocycles. The second-order valence-corrected chi connectivity index (χ2v) is 7.59. The molecule has 0 spiro atoms. The van der Waals surface area contributed by atoms with E-state index in [9.17, 15) is 14.0 Å². The van der Waals surface area contributed by atoms with Crippen LogP contribution in [0.5, 0.6) is 0 Å². The normalized spacial score (nSPS) is 10.5. The summed E-state index contributed by atoms with van der Waals surface area (Å²) in [5.74, 6) is -0.175. The van der Waals surface area contributed by atoms with Crippen LogP contribution in [0, 0.1) is 5.82 Å². The maximum Gasteiger partial charge on any atom is 0.225 e. The van der Waals surface area contributed by atoms with Crippen LogP contribution in [0.1, 0.15) is 22.3 Å². The summed E-state index contributed by atoms with van der Waals surface area (Å²) in [5.41, 5.74) is 1.29. The van der Waals surface area contributed by atoms with Crippen LogP contribution in [-0.2, 0) is 4.79 Å². The van der Waals surface area contributed by atoms with Gasteiger partial charge in [-0.15, -0.1) is 11.8 Å². The molecular weight excluding hydrogens is 397 g/mol. The van der Waals surface area contributed by atoms with Gasteiger partial charge in [0.05, 0.1) is 5.69 Å². The molecule has 6 heteroatoms. The number of benzene rings is 3. The fraction of sp³-hybridized carbons (Fsp3) is 0.0909. The minimum Gasteiger partial charge on any atom is -0.325 e. The first-order chi connectivity index (χ1) is 13.5.